The molecule has 0 atom stereocenters. The number of fused-ring (bicyclic) bond motifs is 1. The zero-order chi connectivity index (χ0) is 12.5. The Balaban J connectivity index is 2.23. The number of rotatable bonds is 2. The zero-order valence-corrected chi connectivity index (χ0v) is 9.19. The van der Waals surface area contributed by atoms with Crippen LogP contribution in [0.5, 0.6) is 0 Å². The molecule has 0 aromatic carbocycles. The quantitative estimate of drug-likeness (QED) is 0.734. The van der Waals surface area contributed by atoms with Gasteiger partial charge in [-0.15, -0.1) is 5.10 Å². The number of carbonyl (C=O) groups is 1. The van der Waals surface area contributed by atoms with E-state index >= 15 is 0 Å². The molecule has 0 radical (unpaired) electrons. The SMILES string of the molecule is O=C(O)c1cccn2nc(-c3ccncc3)nc12. The molecule has 3 aromatic heterocycles. The third kappa shape index (κ3) is 1.60. The third-order valence-electron chi connectivity index (χ3n) is 2.53. The lowest BCUT2D eigenvalue weighted by Crippen LogP contribution is -2.00. The van der Waals surface area contributed by atoms with E-state index in [0.29, 0.717) is 11.5 Å². The van der Waals surface area contributed by atoms with Crippen molar-refractivity contribution in [3.8, 4) is 11.4 Å². The fourth-order valence-corrected chi connectivity index (χ4v) is 1.70. The summed E-state index contributed by atoms with van der Waals surface area (Å²) >= 11 is 0. The van der Waals surface area contributed by atoms with E-state index in [0.717, 1.165) is 5.56 Å². The van der Waals surface area contributed by atoms with E-state index in [1.54, 1.807) is 36.8 Å². The highest BCUT2D eigenvalue weighted by Crippen LogP contribution is 2.16. The Hall–Kier alpha value is -2.76. The Morgan fingerprint density at radius 3 is 2.72 bits per heavy atom. The van der Waals surface area contributed by atoms with E-state index in [1.165, 1.54) is 10.6 Å². The normalized spacial score (nSPS) is 10.7. The fourth-order valence-electron chi connectivity index (χ4n) is 1.70. The Kier molecular flexibility index (Phi) is 2.26. The fraction of sp³-hybridized carbons (Fsp3) is 0. The molecule has 88 valence electrons. The average Bonchev–Trinajstić information content (AvgIpc) is 2.83. The summed E-state index contributed by atoms with van der Waals surface area (Å²) in [6, 6.07) is 6.68. The van der Waals surface area contributed by atoms with Gasteiger partial charge in [0.1, 0.15) is 5.56 Å². The summed E-state index contributed by atoms with van der Waals surface area (Å²) in [7, 11) is 0. The largest absolute Gasteiger partial charge is 0.478 e. The topological polar surface area (TPSA) is 80.4 Å². The first-order valence-electron chi connectivity index (χ1n) is 5.25. The molecule has 6 nitrogen and oxygen atoms in total. The van der Waals surface area contributed by atoms with Crippen molar-refractivity contribution in [3.63, 3.8) is 0 Å². The first kappa shape index (κ1) is 10.4. The van der Waals surface area contributed by atoms with Crippen LogP contribution >= 0.6 is 0 Å². The lowest BCUT2D eigenvalue weighted by atomic mass is 10.2. The Morgan fingerprint density at radius 2 is 2.00 bits per heavy atom. The van der Waals surface area contributed by atoms with Gasteiger partial charge in [0.15, 0.2) is 11.5 Å². The Bertz CT molecular complexity index is 721. The van der Waals surface area contributed by atoms with E-state index in [2.05, 4.69) is 15.1 Å². The molecule has 3 aromatic rings. The van der Waals surface area contributed by atoms with Crippen LogP contribution in [-0.4, -0.2) is 30.7 Å². The number of nitrogens with zero attached hydrogens (tertiary/aromatic N) is 4. The maximum absolute atomic E-state index is 11.1. The van der Waals surface area contributed by atoms with Gasteiger partial charge in [-0.2, -0.15) is 0 Å². The molecule has 18 heavy (non-hydrogen) atoms. The smallest absolute Gasteiger partial charge is 0.339 e. The van der Waals surface area contributed by atoms with Crippen molar-refractivity contribution in [2.75, 3.05) is 0 Å². The van der Waals surface area contributed by atoms with Crippen LogP contribution in [-0.2, 0) is 0 Å². The van der Waals surface area contributed by atoms with E-state index in [9.17, 15) is 4.79 Å². The number of carboxylic acid groups (broad SMARTS) is 1. The zero-order valence-electron chi connectivity index (χ0n) is 9.19. The predicted octanol–water partition coefficient (Wildman–Crippen LogP) is 1.49. The van der Waals surface area contributed by atoms with Gasteiger partial charge in [-0.25, -0.2) is 14.3 Å². The number of aromatic carboxylic acids is 1. The molecule has 0 aliphatic rings. The van der Waals surface area contributed by atoms with Crippen LogP contribution in [0.15, 0.2) is 42.9 Å². The monoisotopic (exact) mass is 240 g/mol. The molecule has 0 aliphatic heterocycles. The minimum atomic E-state index is -1.02. The summed E-state index contributed by atoms with van der Waals surface area (Å²) < 4.78 is 1.46. The second kappa shape index (κ2) is 3.92. The molecule has 3 heterocycles. The van der Waals surface area contributed by atoms with E-state index in [4.69, 9.17) is 5.11 Å². The second-order valence-electron chi connectivity index (χ2n) is 3.67. The molecular weight excluding hydrogens is 232 g/mol. The summed E-state index contributed by atoms with van der Waals surface area (Å²) in [5, 5.41) is 13.3. The average molecular weight is 240 g/mol. The molecule has 0 spiro atoms. The van der Waals surface area contributed by atoms with Crippen molar-refractivity contribution < 1.29 is 9.90 Å². The van der Waals surface area contributed by atoms with Gasteiger partial charge in [0, 0.05) is 24.2 Å². The molecule has 3 rings (SSSR count). The highest BCUT2D eigenvalue weighted by Gasteiger charge is 2.13. The van der Waals surface area contributed by atoms with Gasteiger partial charge in [0.05, 0.1) is 0 Å². The molecule has 0 unspecified atom stereocenters. The molecular formula is C12H8N4O2. The number of hydrogen-bond acceptors (Lipinski definition) is 4. The lowest BCUT2D eigenvalue weighted by molar-refractivity contribution is 0.0698. The summed E-state index contributed by atoms with van der Waals surface area (Å²) in [6.07, 6.45) is 4.94. The molecule has 0 bridgehead atoms. The van der Waals surface area contributed by atoms with Crippen molar-refractivity contribution in [2.24, 2.45) is 0 Å². The van der Waals surface area contributed by atoms with Crippen molar-refractivity contribution in [1.82, 2.24) is 19.6 Å². The summed E-state index contributed by atoms with van der Waals surface area (Å²) in [5.74, 6) is -0.541. The van der Waals surface area contributed by atoms with Gasteiger partial charge in [-0.1, -0.05) is 0 Å². The van der Waals surface area contributed by atoms with Crippen molar-refractivity contribution in [1.29, 1.82) is 0 Å². The molecule has 0 fully saturated rings. The number of aromatic nitrogens is 4. The van der Waals surface area contributed by atoms with Crippen LogP contribution in [0.25, 0.3) is 17.0 Å². The minimum Gasteiger partial charge on any atom is -0.478 e. The van der Waals surface area contributed by atoms with Gasteiger partial charge in [-0.3, -0.25) is 4.98 Å². The highest BCUT2D eigenvalue weighted by atomic mass is 16.4. The molecule has 0 aliphatic carbocycles. The number of hydrogen-bond donors (Lipinski definition) is 1. The van der Waals surface area contributed by atoms with E-state index < -0.39 is 5.97 Å². The predicted molar refractivity (Wildman–Crippen MR) is 63.2 cm³/mol. The van der Waals surface area contributed by atoms with Crippen LogP contribution in [0.4, 0.5) is 0 Å². The van der Waals surface area contributed by atoms with Gasteiger partial charge in [0.25, 0.3) is 0 Å². The first-order valence-corrected chi connectivity index (χ1v) is 5.25. The van der Waals surface area contributed by atoms with Gasteiger partial charge in [-0.05, 0) is 24.3 Å². The third-order valence-corrected chi connectivity index (χ3v) is 2.53. The van der Waals surface area contributed by atoms with Gasteiger partial charge in [0.2, 0.25) is 0 Å². The molecule has 0 saturated carbocycles. The molecule has 0 amide bonds. The second-order valence-corrected chi connectivity index (χ2v) is 3.67. The Labute approximate surface area is 102 Å². The number of pyridine rings is 2. The summed E-state index contributed by atoms with van der Waals surface area (Å²) in [5.41, 5.74) is 1.26. The maximum atomic E-state index is 11.1. The van der Waals surface area contributed by atoms with Crippen LogP contribution < -0.4 is 0 Å². The maximum Gasteiger partial charge on any atom is 0.339 e. The summed E-state index contributed by atoms with van der Waals surface area (Å²) in [6.45, 7) is 0. The van der Waals surface area contributed by atoms with E-state index in [-0.39, 0.29) is 5.56 Å². The van der Waals surface area contributed by atoms with E-state index in [1.807, 2.05) is 0 Å². The molecule has 1 N–H and O–H groups in total. The summed E-state index contributed by atoms with van der Waals surface area (Å²) in [4.78, 5) is 19.2. The van der Waals surface area contributed by atoms with Crippen LogP contribution in [0, 0.1) is 0 Å². The van der Waals surface area contributed by atoms with Crippen LogP contribution in [0.2, 0.25) is 0 Å². The van der Waals surface area contributed by atoms with Crippen molar-refractivity contribution >= 4 is 11.6 Å². The lowest BCUT2D eigenvalue weighted by Gasteiger charge is -1.94. The molecule has 0 saturated heterocycles. The standard InChI is InChI=1S/C12H8N4O2/c17-12(18)9-2-1-7-16-11(9)14-10(15-16)8-3-5-13-6-4-8/h1-7H,(H,17,18). The Morgan fingerprint density at radius 1 is 1.22 bits per heavy atom. The number of carboxylic acids is 1. The highest BCUT2D eigenvalue weighted by molar-refractivity contribution is 5.94. The first-order chi connectivity index (χ1) is 8.75. The molecule has 6 heteroatoms. The minimum absolute atomic E-state index is 0.130. The van der Waals surface area contributed by atoms with Gasteiger partial charge < -0.3 is 5.11 Å². The van der Waals surface area contributed by atoms with Crippen LogP contribution in [0.3, 0.4) is 0 Å². The van der Waals surface area contributed by atoms with Crippen LogP contribution in [0.1, 0.15) is 10.4 Å². The van der Waals surface area contributed by atoms with Gasteiger partial charge >= 0.3 is 5.97 Å². The van der Waals surface area contributed by atoms with Crippen molar-refractivity contribution in [2.45, 2.75) is 0 Å². The van der Waals surface area contributed by atoms with Crippen molar-refractivity contribution in [3.05, 3.63) is 48.4 Å².